The number of hydrogen-bond acceptors (Lipinski definition) is 7. The number of benzene rings is 1. The van der Waals surface area contributed by atoms with Crippen LogP contribution in [0.5, 0.6) is 0 Å². The van der Waals surface area contributed by atoms with Gasteiger partial charge in [-0.25, -0.2) is 23.3 Å². The molecule has 0 saturated heterocycles. The Bertz CT molecular complexity index is 922. The summed E-state index contributed by atoms with van der Waals surface area (Å²) in [6.45, 7) is 1.36. The second-order valence-electron chi connectivity index (χ2n) is 6.59. The zero-order valence-electron chi connectivity index (χ0n) is 17.7. The predicted molar refractivity (Wildman–Crippen MR) is 106 cm³/mol. The smallest absolute Gasteiger partial charge is 0.352 e. The van der Waals surface area contributed by atoms with Crippen molar-refractivity contribution >= 4 is 29.7 Å². The summed E-state index contributed by atoms with van der Waals surface area (Å²) in [7, 11) is 2.40. The first kappa shape index (κ1) is 24.9. The summed E-state index contributed by atoms with van der Waals surface area (Å²) < 4.78 is 42.0. The number of urea groups is 2. The minimum Gasteiger partial charge on any atom is -0.468 e. The molecule has 10 nitrogen and oxygen atoms in total. The Morgan fingerprint density at radius 1 is 1.19 bits per heavy atom. The molecule has 0 saturated carbocycles. The first-order valence-corrected chi connectivity index (χ1v) is 9.60. The van der Waals surface area contributed by atoms with Crippen LogP contribution in [-0.2, 0) is 23.8 Å². The lowest BCUT2D eigenvalue weighted by molar-refractivity contribution is -0.145. The Kier molecular flexibility index (Phi) is 8.76. The van der Waals surface area contributed by atoms with E-state index in [1.165, 1.54) is 7.11 Å². The molecule has 2 unspecified atom stereocenters. The molecule has 12 heteroatoms. The van der Waals surface area contributed by atoms with Gasteiger partial charge < -0.3 is 19.5 Å². The summed E-state index contributed by atoms with van der Waals surface area (Å²) in [5, 5.41) is 2.37. The second-order valence-corrected chi connectivity index (χ2v) is 6.59. The summed E-state index contributed by atoms with van der Waals surface area (Å²) in [5.74, 6) is -5.16. The molecule has 2 atom stereocenters. The van der Waals surface area contributed by atoms with Crippen LogP contribution in [0.15, 0.2) is 23.2 Å². The van der Waals surface area contributed by atoms with Crippen molar-refractivity contribution < 1.29 is 42.2 Å². The zero-order valence-corrected chi connectivity index (χ0v) is 17.7. The number of carbonyl (C=O) groups is 4. The van der Waals surface area contributed by atoms with Crippen molar-refractivity contribution in [3.63, 3.8) is 0 Å². The van der Waals surface area contributed by atoms with Gasteiger partial charge in [0.2, 0.25) is 0 Å². The normalized spacial score (nSPS) is 18.1. The Balaban J connectivity index is 2.46. The third-order valence-corrected chi connectivity index (χ3v) is 4.56. The van der Waals surface area contributed by atoms with Gasteiger partial charge in [0, 0.05) is 13.7 Å². The van der Waals surface area contributed by atoms with Gasteiger partial charge in [0.1, 0.15) is 5.92 Å². The Morgan fingerprint density at radius 2 is 1.91 bits per heavy atom. The van der Waals surface area contributed by atoms with Crippen molar-refractivity contribution in [2.45, 2.75) is 19.4 Å². The molecule has 2 rings (SSSR count). The number of amides is 4. The number of halogens is 2. The molecule has 32 heavy (non-hydrogen) atoms. The van der Waals surface area contributed by atoms with E-state index in [1.807, 2.05) is 0 Å². The molecule has 1 N–H and O–H groups in total. The number of nitrogens with zero attached hydrogens (tertiary/aromatic N) is 2. The quantitative estimate of drug-likeness (QED) is 0.595. The largest absolute Gasteiger partial charge is 0.468 e. The lowest BCUT2D eigenvalue weighted by Gasteiger charge is -2.37. The van der Waals surface area contributed by atoms with Gasteiger partial charge in [0.15, 0.2) is 11.6 Å². The molecular formula is C20H23F2N3O7. The number of carbonyl (C=O) groups excluding carboxylic acids is 4. The van der Waals surface area contributed by atoms with Crippen molar-refractivity contribution in [1.82, 2.24) is 10.2 Å². The van der Waals surface area contributed by atoms with Crippen molar-refractivity contribution in [2.75, 3.05) is 34.0 Å². The van der Waals surface area contributed by atoms with Crippen LogP contribution < -0.4 is 5.32 Å². The van der Waals surface area contributed by atoms with E-state index in [4.69, 9.17) is 14.2 Å². The Morgan fingerprint density at radius 3 is 2.50 bits per heavy atom. The van der Waals surface area contributed by atoms with E-state index in [0.717, 1.165) is 25.3 Å². The van der Waals surface area contributed by atoms with Gasteiger partial charge >= 0.3 is 24.0 Å². The summed E-state index contributed by atoms with van der Waals surface area (Å²) in [5.41, 5.74) is -0.0913. The molecule has 0 bridgehead atoms. The number of hydrogen-bond donors (Lipinski definition) is 1. The van der Waals surface area contributed by atoms with Crippen LogP contribution >= 0.6 is 0 Å². The summed E-state index contributed by atoms with van der Waals surface area (Å²) in [4.78, 5) is 54.0. The number of aliphatic imine (C=N–C) groups is 1. The maximum absolute atomic E-state index is 14.0. The fourth-order valence-electron chi connectivity index (χ4n) is 3.20. The SMILES string of the molecule is CCOC(=O)CCNC(=O)N1C(=O)N=C(COC)C(C(=O)OC)C1c1ccc(F)c(F)c1. The standard InChI is InChI=1S/C20H23F2N3O7/c1-4-32-15(26)7-8-23-19(28)25-17(11-5-6-12(21)13(22)9-11)16(18(27)31-3)14(10-30-2)24-20(25)29/h5-6,9,16-17H,4,7-8,10H2,1-3H3,(H,23,28). The lowest BCUT2D eigenvalue weighted by atomic mass is 9.86. The van der Waals surface area contributed by atoms with Gasteiger partial charge in [-0.3, -0.25) is 9.59 Å². The molecular weight excluding hydrogens is 432 g/mol. The second kappa shape index (κ2) is 11.3. The van der Waals surface area contributed by atoms with Crippen molar-refractivity contribution in [3.8, 4) is 0 Å². The minimum atomic E-state index is -1.41. The predicted octanol–water partition coefficient (Wildman–Crippen LogP) is 1.98. The highest BCUT2D eigenvalue weighted by atomic mass is 19.2. The van der Waals surface area contributed by atoms with Gasteiger partial charge in [-0.2, -0.15) is 4.99 Å². The monoisotopic (exact) mass is 455 g/mol. The average Bonchev–Trinajstić information content (AvgIpc) is 2.75. The molecule has 0 fully saturated rings. The van der Waals surface area contributed by atoms with Crippen molar-refractivity contribution in [3.05, 3.63) is 35.4 Å². The van der Waals surface area contributed by atoms with Gasteiger partial charge in [-0.15, -0.1) is 0 Å². The first-order valence-electron chi connectivity index (χ1n) is 9.60. The average molecular weight is 455 g/mol. The van der Waals surface area contributed by atoms with Gasteiger partial charge in [-0.1, -0.05) is 6.07 Å². The summed E-state index contributed by atoms with van der Waals surface area (Å²) in [6.07, 6.45) is -0.171. The molecule has 0 spiro atoms. The molecule has 174 valence electrons. The molecule has 0 aromatic heterocycles. The molecule has 1 aliphatic heterocycles. The number of ether oxygens (including phenoxy) is 3. The van der Waals surface area contributed by atoms with Crippen LogP contribution in [0.1, 0.15) is 24.9 Å². The molecule has 4 amide bonds. The highest BCUT2D eigenvalue weighted by Gasteiger charge is 2.47. The highest BCUT2D eigenvalue weighted by molar-refractivity contribution is 6.12. The van der Waals surface area contributed by atoms with Gasteiger partial charge in [0.25, 0.3) is 0 Å². The Hall–Kier alpha value is -3.41. The van der Waals surface area contributed by atoms with Crippen LogP contribution in [0, 0.1) is 17.6 Å². The molecule has 0 aliphatic carbocycles. The number of rotatable bonds is 8. The third kappa shape index (κ3) is 5.63. The van der Waals surface area contributed by atoms with E-state index < -0.39 is 47.6 Å². The van der Waals surface area contributed by atoms with Crippen LogP contribution in [-0.4, -0.2) is 68.6 Å². The number of imide groups is 1. The summed E-state index contributed by atoms with van der Waals surface area (Å²) >= 11 is 0. The van der Waals surface area contributed by atoms with Crippen LogP contribution in [0.25, 0.3) is 0 Å². The molecule has 1 aromatic rings. The fraction of sp³-hybridized carbons (Fsp3) is 0.450. The van der Waals surface area contributed by atoms with E-state index >= 15 is 0 Å². The van der Waals surface area contributed by atoms with E-state index in [0.29, 0.717) is 4.90 Å². The first-order chi connectivity index (χ1) is 15.2. The third-order valence-electron chi connectivity index (χ3n) is 4.56. The van der Waals surface area contributed by atoms with Crippen LogP contribution in [0.4, 0.5) is 18.4 Å². The lowest BCUT2D eigenvalue weighted by Crippen LogP contribution is -2.54. The number of nitrogens with one attached hydrogen (secondary N) is 1. The topological polar surface area (TPSA) is 124 Å². The van der Waals surface area contributed by atoms with E-state index in [9.17, 15) is 28.0 Å². The minimum absolute atomic E-state index is 0.0447. The molecule has 1 heterocycles. The molecule has 1 aromatic carbocycles. The summed E-state index contributed by atoms with van der Waals surface area (Å²) in [6, 6.07) is -0.736. The van der Waals surface area contributed by atoms with Crippen LogP contribution in [0.3, 0.4) is 0 Å². The highest BCUT2D eigenvalue weighted by Crippen LogP contribution is 2.35. The fourth-order valence-corrected chi connectivity index (χ4v) is 3.20. The van der Waals surface area contributed by atoms with E-state index in [1.54, 1.807) is 6.92 Å². The van der Waals surface area contributed by atoms with Crippen LogP contribution in [0.2, 0.25) is 0 Å². The zero-order chi connectivity index (χ0) is 23.8. The van der Waals surface area contributed by atoms with Crippen molar-refractivity contribution in [1.29, 1.82) is 0 Å². The van der Waals surface area contributed by atoms with E-state index in [2.05, 4.69) is 10.3 Å². The maximum atomic E-state index is 14.0. The number of methoxy groups -OCH3 is 2. The molecule has 0 radical (unpaired) electrons. The Labute approximate surface area is 182 Å². The van der Waals surface area contributed by atoms with Gasteiger partial charge in [-0.05, 0) is 24.6 Å². The number of esters is 2. The van der Waals surface area contributed by atoms with E-state index in [-0.39, 0.29) is 37.5 Å². The maximum Gasteiger partial charge on any atom is 0.352 e. The molecule has 1 aliphatic rings. The van der Waals surface area contributed by atoms with Crippen molar-refractivity contribution in [2.24, 2.45) is 10.9 Å². The van der Waals surface area contributed by atoms with Gasteiger partial charge in [0.05, 0.1) is 38.5 Å².